The highest BCUT2D eigenvalue weighted by Crippen LogP contribution is 2.24. The average molecular weight is 479 g/mol. The minimum Gasteiger partial charge on any atom is -0.355 e. The molecule has 3 aliphatic heterocycles. The number of piperazine rings is 1. The van der Waals surface area contributed by atoms with Crippen LogP contribution in [-0.2, 0) is 17.8 Å². The summed E-state index contributed by atoms with van der Waals surface area (Å²) in [5, 5.41) is 6.97. The van der Waals surface area contributed by atoms with Gasteiger partial charge in [-0.2, -0.15) is 4.98 Å². The molecule has 5 heterocycles. The molecule has 0 unspecified atom stereocenters. The van der Waals surface area contributed by atoms with Crippen LogP contribution in [-0.4, -0.2) is 74.9 Å². The fraction of sp³-hybridized carbons (Fsp3) is 0.375. The Bertz CT molecular complexity index is 1170. The number of rotatable bonds is 0. The molecular formula is C24H27ClN8O. The number of hydrogen-bond donors (Lipinski definition) is 2. The Morgan fingerprint density at radius 3 is 2.62 bits per heavy atom. The first kappa shape index (κ1) is 22.6. The molecular weight excluding hydrogens is 452 g/mol. The van der Waals surface area contributed by atoms with Gasteiger partial charge >= 0.3 is 0 Å². The van der Waals surface area contributed by atoms with Crippen LogP contribution < -0.4 is 10.6 Å². The zero-order chi connectivity index (χ0) is 23.3. The number of nitrogens with one attached hydrogen (secondary N) is 2. The molecule has 1 saturated heterocycles. The number of aryl methyl sites for hydroxylation is 1. The van der Waals surface area contributed by atoms with Gasteiger partial charge in [0.25, 0.3) is 0 Å². The van der Waals surface area contributed by atoms with Crippen LogP contribution in [0.4, 0.5) is 11.6 Å². The van der Waals surface area contributed by atoms with Crippen molar-refractivity contribution >= 4 is 29.1 Å². The van der Waals surface area contributed by atoms with Crippen LogP contribution in [0.25, 0.3) is 11.4 Å². The molecule has 2 N–H and O–H groups in total. The number of nitrogens with zero attached hydrogens (tertiary/aromatic N) is 6. The lowest BCUT2D eigenvalue weighted by Crippen LogP contribution is -2.49. The zero-order valence-electron chi connectivity index (χ0n) is 18.9. The Labute approximate surface area is 203 Å². The van der Waals surface area contributed by atoms with Gasteiger partial charge in [0.2, 0.25) is 11.9 Å². The quantitative estimate of drug-likeness (QED) is 0.508. The van der Waals surface area contributed by atoms with E-state index in [1.807, 2.05) is 24.3 Å². The lowest BCUT2D eigenvalue weighted by molar-refractivity contribution is -0.122. The lowest BCUT2D eigenvalue weighted by Gasteiger charge is -2.34. The molecule has 8 bridgehead atoms. The van der Waals surface area contributed by atoms with E-state index in [-0.39, 0.29) is 5.91 Å². The van der Waals surface area contributed by atoms with Crippen LogP contribution in [0.3, 0.4) is 0 Å². The normalized spacial score (nSPS) is 21.1. The summed E-state index contributed by atoms with van der Waals surface area (Å²) in [4.78, 5) is 34.7. The third kappa shape index (κ3) is 5.85. The Morgan fingerprint density at radius 2 is 1.76 bits per heavy atom. The van der Waals surface area contributed by atoms with E-state index in [0.29, 0.717) is 29.9 Å². The van der Waals surface area contributed by atoms with Crippen molar-refractivity contribution < 1.29 is 4.79 Å². The van der Waals surface area contributed by atoms with Crippen LogP contribution in [0.1, 0.15) is 17.7 Å². The second kappa shape index (κ2) is 10.4. The summed E-state index contributed by atoms with van der Waals surface area (Å²) in [7, 11) is 0. The van der Waals surface area contributed by atoms with Gasteiger partial charge in [0, 0.05) is 67.4 Å². The summed E-state index contributed by atoms with van der Waals surface area (Å²) in [6.45, 7) is 5.39. The highest BCUT2D eigenvalue weighted by Gasteiger charge is 2.19. The van der Waals surface area contributed by atoms with Crippen molar-refractivity contribution in [1.82, 2.24) is 35.1 Å². The smallest absolute Gasteiger partial charge is 0.234 e. The first-order valence-electron chi connectivity index (χ1n) is 11.5. The third-order valence-corrected chi connectivity index (χ3v) is 6.25. The van der Waals surface area contributed by atoms with E-state index in [1.165, 1.54) is 6.33 Å². The van der Waals surface area contributed by atoms with Crippen molar-refractivity contribution in [3.05, 3.63) is 59.1 Å². The standard InChI is InChI=1S/C24H27ClN8O/c25-19-10-17-11-21(13-19)30-24-29-16-28-23(31-24)18-3-5-26-20(12-18)2-1-4-27-22(34)15-33-8-6-32(14-17)7-9-33/h3,5,10-13,16H,1-2,4,6-9,14-15H2,(H,27,34)(H,28,29,30,31). The van der Waals surface area contributed by atoms with Gasteiger partial charge in [-0.3, -0.25) is 19.6 Å². The van der Waals surface area contributed by atoms with E-state index < -0.39 is 0 Å². The maximum Gasteiger partial charge on any atom is 0.234 e. The number of carbonyl (C=O) groups is 1. The molecule has 9 nitrogen and oxygen atoms in total. The van der Waals surface area contributed by atoms with Gasteiger partial charge in [0.1, 0.15) is 6.33 Å². The first-order valence-corrected chi connectivity index (χ1v) is 11.9. The van der Waals surface area contributed by atoms with E-state index in [4.69, 9.17) is 11.6 Å². The fourth-order valence-electron chi connectivity index (χ4n) is 4.31. The Kier molecular flexibility index (Phi) is 6.94. The maximum atomic E-state index is 12.4. The molecule has 10 heteroatoms. The van der Waals surface area contributed by atoms with Crippen molar-refractivity contribution in [2.75, 3.05) is 44.6 Å². The van der Waals surface area contributed by atoms with Crippen LogP contribution in [0.15, 0.2) is 42.9 Å². The Hall–Kier alpha value is -3.14. The number of amides is 1. The van der Waals surface area contributed by atoms with Crippen molar-refractivity contribution in [2.45, 2.75) is 19.4 Å². The molecule has 6 rings (SSSR count). The van der Waals surface area contributed by atoms with Gasteiger partial charge in [0.05, 0.1) is 6.54 Å². The highest BCUT2D eigenvalue weighted by atomic mass is 35.5. The van der Waals surface area contributed by atoms with Crippen LogP contribution >= 0.6 is 11.6 Å². The molecule has 176 valence electrons. The molecule has 1 amide bonds. The van der Waals surface area contributed by atoms with E-state index in [9.17, 15) is 4.79 Å². The van der Waals surface area contributed by atoms with Gasteiger partial charge in [-0.05, 0) is 48.7 Å². The third-order valence-electron chi connectivity index (χ3n) is 6.03. The molecule has 0 atom stereocenters. The van der Waals surface area contributed by atoms with Crippen LogP contribution in [0.2, 0.25) is 5.02 Å². The number of hydrogen-bond acceptors (Lipinski definition) is 8. The van der Waals surface area contributed by atoms with Gasteiger partial charge in [-0.25, -0.2) is 9.97 Å². The summed E-state index contributed by atoms with van der Waals surface area (Å²) in [5.74, 6) is 1.10. The maximum absolute atomic E-state index is 12.4. The summed E-state index contributed by atoms with van der Waals surface area (Å²) < 4.78 is 0. The topological polar surface area (TPSA) is 99.2 Å². The van der Waals surface area contributed by atoms with Crippen molar-refractivity contribution in [3.8, 4) is 11.4 Å². The summed E-state index contributed by atoms with van der Waals surface area (Å²) >= 11 is 6.43. The average Bonchev–Trinajstić information content (AvgIpc) is 2.83. The minimum atomic E-state index is 0.0734. The molecule has 3 aliphatic rings. The highest BCUT2D eigenvalue weighted by molar-refractivity contribution is 6.30. The minimum absolute atomic E-state index is 0.0734. The van der Waals surface area contributed by atoms with Gasteiger partial charge in [-0.15, -0.1) is 0 Å². The van der Waals surface area contributed by atoms with E-state index in [2.05, 4.69) is 46.4 Å². The number of anilines is 2. The number of pyridine rings is 1. The van der Waals surface area contributed by atoms with Crippen molar-refractivity contribution in [1.29, 1.82) is 0 Å². The van der Waals surface area contributed by atoms with Crippen molar-refractivity contribution in [2.24, 2.45) is 0 Å². The van der Waals surface area contributed by atoms with E-state index >= 15 is 0 Å². The monoisotopic (exact) mass is 478 g/mol. The zero-order valence-corrected chi connectivity index (χ0v) is 19.6. The summed E-state index contributed by atoms with van der Waals surface area (Å²) in [6.07, 6.45) is 4.84. The first-order chi connectivity index (χ1) is 16.6. The molecule has 0 aliphatic carbocycles. The SMILES string of the molecule is O=C1CN2CCN(CC2)Cc2cc(Cl)cc(c2)Nc2ncnc(n2)-c2ccnc(c2)CCCN1. The summed E-state index contributed by atoms with van der Waals surface area (Å²) in [5.41, 5.74) is 3.74. The molecule has 0 saturated carbocycles. The Morgan fingerprint density at radius 1 is 0.941 bits per heavy atom. The molecule has 0 spiro atoms. The van der Waals surface area contributed by atoms with Crippen LogP contribution in [0.5, 0.6) is 0 Å². The number of fused-ring (bicyclic) bond motifs is 7. The second-order valence-corrected chi connectivity index (χ2v) is 9.08. The number of carbonyl (C=O) groups excluding carboxylic acids is 1. The largest absolute Gasteiger partial charge is 0.355 e. The molecule has 3 aromatic rings. The molecule has 1 aromatic carbocycles. The Balaban J connectivity index is 1.43. The van der Waals surface area contributed by atoms with Gasteiger partial charge in [-0.1, -0.05) is 11.6 Å². The lowest BCUT2D eigenvalue weighted by atomic mass is 10.1. The molecule has 0 radical (unpaired) electrons. The predicted molar refractivity (Wildman–Crippen MR) is 131 cm³/mol. The molecule has 34 heavy (non-hydrogen) atoms. The fourth-order valence-corrected chi connectivity index (χ4v) is 4.57. The van der Waals surface area contributed by atoms with Gasteiger partial charge < -0.3 is 10.6 Å². The number of aromatic nitrogens is 4. The number of halogens is 1. The number of benzene rings is 1. The van der Waals surface area contributed by atoms with Crippen LogP contribution in [0, 0.1) is 0 Å². The van der Waals surface area contributed by atoms with E-state index in [1.54, 1.807) is 6.20 Å². The second-order valence-electron chi connectivity index (χ2n) is 8.65. The molecule has 1 fully saturated rings. The molecule has 2 aromatic heterocycles. The van der Waals surface area contributed by atoms with E-state index in [0.717, 1.165) is 68.1 Å². The summed E-state index contributed by atoms with van der Waals surface area (Å²) in [6, 6.07) is 9.79. The predicted octanol–water partition coefficient (Wildman–Crippen LogP) is 2.51. The van der Waals surface area contributed by atoms with Gasteiger partial charge in [0.15, 0.2) is 5.82 Å². The van der Waals surface area contributed by atoms with Crippen molar-refractivity contribution in [3.63, 3.8) is 0 Å².